The average molecular weight is 228 g/mol. The summed E-state index contributed by atoms with van der Waals surface area (Å²) in [4.78, 5) is 0. The number of halogens is 2. The standard InChI is InChI=1S/C15H10F2/c16-12-5-1-10(2-6-12)14-9-15(14)11-3-7-13(17)8-4-11/h1-9,14H. The van der Waals surface area contributed by atoms with E-state index in [1.165, 1.54) is 29.8 Å². The number of allylic oxidation sites excluding steroid dienone is 2. The third kappa shape index (κ3) is 1.98. The van der Waals surface area contributed by atoms with Crippen LogP contribution in [0.5, 0.6) is 0 Å². The Balaban J connectivity index is 1.80. The highest BCUT2D eigenvalue weighted by molar-refractivity contribution is 5.85. The van der Waals surface area contributed by atoms with Crippen molar-refractivity contribution in [2.45, 2.75) is 5.92 Å². The topological polar surface area (TPSA) is 0 Å². The monoisotopic (exact) mass is 228 g/mol. The Hall–Kier alpha value is -1.96. The van der Waals surface area contributed by atoms with E-state index in [4.69, 9.17) is 0 Å². The van der Waals surface area contributed by atoms with Gasteiger partial charge in [-0.1, -0.05) is 30.3 Å². The van der Waals surface area contributed by atoms with Gasteiger partial charge in [0.1, 0.15) is 11.6 Å². The highest BCUT2D eigenvalue weighted by Crippen LogP contribution is 2.46. The van der Waals surface area contributed by atoms with Crippen molar-refractivity contribution in [1.82, 2.24) is 0 Å². The number of hydrogen-bond donors (Lipinski definition) is 0. The van der Waals surface area contributed by atoms with Gasteiger partial charge in [-0.15, -0.1) is 0 Å². The van der Waals surface area contributed by atoms with Crippen molar-refractivity contribution < 1.29 is 8.78 Å². The first-order valence-corrected chi connectivity index (χ1v) is 5.47. The average Bonchev–Trinajstić information content (AvgIpc) is 3.11. The molecule has 2 aromatic carbocycles. The van der Waals surface area contributed by atoms with E-state index < -0.39 is 0 Å². The molecule has 17 heavy (non-hydrogen) atoms. The molecule has 0 heterocycles. The minimum atomic E-state index is -0.228. The minimum Gasteiger partial charge on any atom is -0.207 e. The fourth-order valence-electron chi connectivity index (χ4n) is 2.00. The van der Waals surface area contributed by atoms with Crippen LogP contribution in [0.2, 0.25) is 0 Å². The molecule has 2 heteroatoms. The largest absolute Gasteiger partial charge is 0.207 e. The number of rotatable bonds is 2. The molecule has 0 nitrogen and oxygen atoms in total. The maximum atomic E-state index is 12.8. The zero-order valence-corrected chi connectivity index (χ0v) is 9.03. The first kappa shape index (κ1) is 10.2. The molecular formula is C15H10F2. The lowest BCUT2D eigenvalue weighted by molar-refractivity contribution is 0.627. The Labute approximate surface area is 98.2 Å². The minimum absolute atomic E-state index is 0.224. The maximum Gasteiger partial charge on any atom is 0.123 e. The van der Waals surface area contributed by atoms with Crippen LogP contribution in [0.1, 0.15) is 17.0 Å². The van der Waals surface area contributed by atoms with Gasteiger partial charge in [-0.05, 0) is 41.0 Å². The van der Waals surface area contributed by atoms with Crippen molar-refractivity contribution in [3.05, 3.63) is 77.4 Å². The second kappa shape index (κ2) is 3.81. The summed E-state index contributed by atoms with van der Waals surface area (Å²) < 4.78 is 25.6. The summed E-state index contributed by atoms with van der Waals surface area (Å²) in [6.45, 7) is 0. The second-order valence-electron chi connectivity index (χ2n) is 4.16. The van der Waals surface area contributed by atoms with E-state index in [1.54, 1.807) is 24.3 Å². The molecule has 3 rings (SSSR count). The highest BCUT2D eigenvalue weighted by Gasteiger charge is 2.27. The molecule has 0 radical (unpaired) electrons. The van der Waals surface area contributed by atoms with Crippen molar-refractivity contribution in [2.75, 3.05) is 0 Å². The first-order chi connectivity index (χ1) is 8.24. The maximum absolute atomic E-state index is 12.8. The van der Waals surface area contributed by atoms with E-state index in [9.17, 15) is 8.78 Å². The molecule has 2 aromatic rings. The predicted molar refractivity (Wildman–Crippen MR) is 63.5 cm³/mol. The van der Waals surface area contributed by atoms with Crippen LogP contribution >= 0.6 is 0 Å². The van der Waals surface area contributed by atoms with Crippen LogP contribution in [0.25, 0.3) is 5.57 Å². The summed E-state index contributed by atoms with van der Waals surface area (Å²) in [6.07, 6.45) is 2.10. The van der Waals surface area contributed by atoms with E-state index in [0.717, 1.165) is 11.1 Å². The summed E-state index contributed by atoms with van der Waals surface area (Å²) in [6, 6.07) is 12.9. The first-order valence-electron chi connectivity index (χ1n) is 5.47. The van der Waals surface area contributed by atoms with E-state index >= 15 is 0 Å². The van der Waals surface area contributed by atoms with Crippen LogP contribution in [-0.4, -0.2) is 0 Å². The van der Waals surface area contributed by atoms with E-state index in [-0.39, 0.29) is 17.6 Å². The fraction of sp³-hybridized carbons (Fsp3) is 0.0667. The fourth-order valence-corrected chi connectivity index (χ4v) is 2.00. The van der Waals surface area contributed by atoms with Gasteiger partial charge in [0.25, 0.3) is 0 Å². The van der Waals surface area contributed by atoms with Gasteiger partial charge in [0.2, 0.25) is 0 Å². The molecule has 1 atom stereocenters. The zero-order chi connectivity index (χ0) is 11.8. The third-order valence-electron chi connectivity index (χ3n) is 2.98. The molecular weight excluding hydrogens is 218 g/mol. The Kier molecular flexibility index (Phi) is 2.29. The predicted octanol–water partition coefficient (Wildman–Crippen LogP) is 4.15. The smallest absolute Gasteiger partial charge is 0.123 e. The lowest BCUT2D eigenvalue weighted by Gasteiger charge is -2.01. The molecule has 0 fully saturated rings. The lowest BCUT2D eigenvalue weighted by atomic mass is 10.0. The molecule has 0 saturated carbocycles. The summed E-state index contributed by atoms with van der Waals surface area (Å²) in [7, 11) is 0. The molecule has 1 unspecified atom stereocenters. The summed E-state index contributed by atoms with van der Waals surface area (Å²) >= 11 is 0. The molecule has 0 aliphatic heterocycles. The molecule has 1 aliphatic carbocycles. The Morgan fingerprint density at radius 2 is 1.24 bits per heavy atom. The van der Waals surface area contributed by atoms with Crippen LogP contribution in [0.3, 0.4) is 0 Å². The quantitative estimate of drug-likeness (QED) is 0.724. The van der Waals surface area contributed by atoms with Crippen molar-refractivity contribution >= 4 is 5.57 Å². The van der Waals surface area contributed by atoms with Gasteiger partial charge < -0.3 is 0 Å². The molecule has 0 amide bonds. The van der Waals surface area contributed by atoms with Crippen molar-refractivity contribution in [3.63, 3.8) is 0 Å². The SMILES string of the molecule is Fc1ccc(C2=CC2c2ccc(F)cc2)cc1. The molecule has 0 saturated heterocycles. The molecule has 0 N–H and O–H groups in total. The van der Waals surface area contributed by atoms with Gasteiger partial charge >= 0.3 is 0 Å². The van der Waals surface area contributed by atoms with Gasteiger partial charge in [-0.25, -0.2) is 8.78 Å². The van der Waals surface area contributed by atoms with Gasteiger partial charge in [-0.2, -0.15) is 0 Å². The Morgan fingerprint density at radius 1 is 0.706 bits per heavy atom. The van der Waals surface area contributed by atoms with Crippen molar-refractivity contribution in [3.8, 4) is 0 Å². The molecule has 0 spiro atoms. The van der Waals surface area contributed by atoms with Crippen LogP contribution < -0.4 is 0 Å². The number of benzene rings is 2. The summed E-state index contributed by atoms with van der Waals surface area (Å²) in [5.41, 5.74) is 3.28. The van der Waals surface area contributed by atoms with E-state index in [2.05, 4.69) is 6.08 Å². The van der Waals surface area contributed by atoms with Gasteiger partial charge in [0, 0.05) is 5.92 Å². The summed E-state index contributed by atoms with van der Waals surface area (Å²) in [5.74, 6) is -0.202. The number of hydrogen-bond acceptors (Lipinski definition) is 0. The lowest BCUT2D eigenvalue weighted by Crippen LogP contribution is -1.85. The van der Waals surface area contributed by atoms with Crippen LogP contribution in [0, 0.1) is 11.6 Å². The van der Waals surface area contributed by atoms with Gasteiger partial charge in [0.05, 0.1) is 0 Å². The van der Waals surface area contributed by atoms with Gasteiger partial charge in [-0.3, -0.25) is 0 Å². The Bertz CT molecular complexity index is 565. The second-order valence-corrected chi connectivity index (χ2v) is 4.16. The van der Waals surface area contributed by atoms with Crippen LogP contribution in [0.4, 0.5) is 8.78 Å². The molecule has 0 bridgehead atoms. The molecule has 84 valence electrons. The van der Waals surface area contributed by atoms with E-state index in [1.807, 2.05) is 0 Å². The Morgan fingerprint density at radius 3 is 1.82 bits per heavy atom. The zero-order valence-electron chi connectivity index (χ0n) is 9.03. The normalized spacial score (nSPS) is 17.8. The molecule has 0 aromatic heterocycles. The highest BCUT2D eigenvalue weighted by atomic mass is 19.1. The van der Waals surface area contributed by atoms with Crippen LogP contribution in [0.15, 0.2) is 54.6 Å². The van der Waals surface area contributed by atoms with Crippen molar-refractivity contribution in [1.29, 1.82) is 0 Å². The molecule has 1 aliphatic rings. The summed E-state index contributed by atoms with van der Waals surface area (Å²) in [5, 5.41) is 0. The third-order valence-corrected chi connectivity index (χ3v) is 2.98. The van der Waals surface area contributed by atoms with Crippen LogP contribution in [-0.2, 0) is 0 Å². The van der Waals surface area contributed by atoms with Crippen molar-refractivity contribution in [2.24, 2.45) is 0 Å². The van der Waals surface area contributed by atoms with E-state index in [0.29, 0.717) is 0 Å². The van der Waals surface area contributed by atoms with Gasteiger partial charge in [0.15, 0.2) is 0 Å².